The minimum Gasteiger partial charge on any atom is -0.481 e. The fraction of sp³-hybridized carbons (Fsp3) is 0.387. The van der Waals surface area contributed by atoms with Gasteiger partial charge in [-0.15, -0.1) is 24.8 Å². The predicted molar refractivity (Wildman–Crippen MR) is 167 cm³/mol. The molecule has 0 aliphatic carbocycles. The zero-order chi connectivity index (χ0) is 29.9. The summed E-state index contributed by atoms with van der Waals surface area (Å²) in [6, 6.07) is 13.9. The Morgan fingerprint density at radius 1 is 1.00 bits per heavy atom. The van der Waals surface area contributed by atoms with E-state index in [4.69, 9.17) is 4.74 Å². The Morgan fingerprint density at radius 3 is 2.23 bits per heavy atom. The summed E-state index contributed by atoms with van der Waals surface area (Å²) in [6.45, 7) is 3.35. The number of likely N-dealkylation sites (tertiary alicyclic amines) is 1. The van der Waals surface area contributed by atoms with Gasteiger partial charge >= 0.3 is 12.1 Å². The molecule has 0 radical (unpaired) electrons. The van der Waals surface area contributed by atoms with Gasteiger partial charge in [-0.2, -0.15) is 13.2 Å². The fourth-order valence-electron chi connectivity index (χ4n) is 5.57. The van der Waals surface area contributed by atoms with Crippen molar-refractivity contribution in [3.63, 3.8) is 0 Å². The van der Waals surface area contributed by atoms with Gasteiger partial charge in [0.2, 0.25) is 0 Å². The molecular weight excluding hydrogens is 620 g/mol. The van der Waals surface area contributed by atoms with E-state index in [9.17, 15) is 27.9 Å². The van der Waals surface area contributed by atoms with Crippen LogP contribution in [0.5, 0.6) is 0 Å². The molecule has 1 atom stereocenters. The van der Waals surface area contributed by atoms with Crippen LogP contribution in [0.25, 0.3) is 11.1 Å². The second-order valence-corrected chi connectivity index (χ2v) is 10.8. The molecule has 0 bridgehead atoms. The van der Waals surface area contributed by atoms with Crippen LogP contribution in [0.1, 0.15) is 40.7 Å². The zero-order valence-electron chi connectivity index (χ0n) is 24.0. The summed E-state index contributed by atoms with van der Waals surface area (Å²) in [5.74, 6) is -1.08. The number of ether oxygens (including phenoxy) is 1. The monoisotopic (exact) mass is 654 g/mol. The largest absolute Gasteiger partial charge is 0.481 e. The van der Waals surface area contributed by atoms with Gasteiger partial charge in [-0.25, -0.2) is 4.98 Å². The Morgan fingerprint density at radius 2 is 1.66 bits per heavy atom. The van der Waals surface area contributed by atoms with Gasteiger partial charge in [-0.3, -0.25) is 14.5 Å². The number of alkyl halides is 3. The van der Waals surface area contributed by atoms with Crippen LogP contribution >= 0.6 is 24.8 Å². The number of pyridine rings is 1. The van der Waals surface area contributed by atoms with Crippen LogP contribution in [0, 0.1) is 5.92 Å². The highest BCUT2D eigenvalue weighted by Gasteiger charge is 2.30. The molecule has 2 aromatic carbocycles. The summed E-state index contributed by atoms with van der Waals surface area (Å²) >= 11 is 0. The first-order valence-corrected chi connectivity index (χ1v) is 13.9. The highest BCUT2D eigenvalue weighted by atomic mass is 35.5. The topological polar surface area (TPSA) is 95.0 Å². The second-order valence-electron chi connectivity index (χ2n) is 10.8. The van der Waals surface area contributed by atoms with Gasteiger partial charge in [0.15, 0.2) is 0 Å². The third-order valence-electron chi connectivity index (χ3n) is 8.05. The molecule has 5 rings (SSSR count). The van der Waals surface area contributed by atoms with Crippen molar-refractivity contribution in [2.45, 2.75) is 38.1 Å². The maximum absolute atomic E-state index is 13.1. The lowest BCUT2D eigenvalue weighted by Crippen LogP contribution is -2.36. The summed E-state index contributed by atoms with van der Waals surface area (Å²) in [5.41, 5.74) is 2.78. The number of carboxylic acid groups (broad SMARTS) is 1. The Balaban J connectivity index is 0.00000264. The number of rotatable bonds is 8. The number of halogens is 5. The molecule has 0 saturated carbocycles. The number of nitrogens with one attached hydrogen (secondary N) is 1. The van der Waals surface area contributed by atoms with E-state index in [1.165, 1.54) is 12.1 Å². The normalized spacial score (nSPS) is 17.5. The van der Waals surface area contributed by atoms with Crippen molar-refractivity contribution in [1.29, 1.82) is 0 Å². The number of nitrogens with zero attached hydrogens (tertiary/aromatic N) is 3. The number of carbonyl (C=O) groups is 2. The van der Waals surface area contributed by atoms with E-state index in [1.54, 1.807) is 31.5 Å². The molecule has 2 saturated heterocycles. The lowest BCUT2D eigenvalue weighted by Gasteiger charge is -2.32. The Bertz CT molecular complexity index is 1420. The molecule has 238 valence electrons. The summed E-state index contributed by atoms with van der Waals surface area (Å²) in [6.07, 6.45) is -0.675. The molecule has 2 N–H and O–H groups in total. The van der Waals surface area contributed by atoms with Gasteiger partial charge in [-0.05, 0) is 72.9 Å². The van der Waals surface area contributed by atoms with E-state index in [0.717, 1.165) is 42.9 Å². The minimum absolute atomic E-state index is 0. The number of aliphatic carboxylic acids is 1. The van der Waals surface area contributed by atoms with Crippen molar-refractivity contribution in [2.24, 2.45) is 5.92 Å². The van der Waals surface area contributed by atoms with Crippen molar-refractivity contribution >= 4 is 48.2 Å². The number of benzene rings is 2. The number of methoxy groups -OCH3 is 1. The van der Waals surface area contributed by atoms with Crippen LogP contribution in [0.15, 0.2) is 60.8 Å². The Labute approximate surface area is 266 Å². The van der Waals surface area contributed by atoms with Crippen molar-refractivity contribution in [3.05, 3.63) is 77.5 Å². The quantitative estimate of drug-likeness (QED) is 0.291. The molecule has 13 heteroatoms. The molecule has 8 nitrogen and oxygen atoms in total. The van der Waals surface area contributed by atoms with Gasteiger partial charge in [0.1, 0.15) is 5.82 Å². The first kappa shape index (κ1) is 35.1. The van der Waals surface area contributed by atoms with E-state index < -0.39 is 17.7 Å². The summed E-state index contributed by atoms with van der Waals surface area (Å²) in [4.78, 5) is 33.0. The highest BCUT2D eigenvalue weighted by molar-refractivity contribution is 6.04. The number of piperidine rings is 1. The summed E-state index contributed by atoms with van der Waals surface area (Å²) < 4.78 is 44.8. The van der Waals surface area contributed by atoms with Crippen molar-refractivity contribution < 1.29 is 32.6 Å². The third kappa shape index (κ3) is 8.41. The Kier molecular flexibility index (Phi) is 12.0. The van der Waals surface area contributed by atoms with E-state index in [1.807, 2.05) is 12.1 Å². The molecule has 3 heterocycles. The summed E-state index contributed by atoms with van der Waals surface area (Å²) in [5, 5.41) is 12.1. The average Bonchev–Trinajstić information content (AvgIpc) is 3.44. The first-order valence-electron chi connectivity index (χ1n) is 13.9. The lowest BCUT2D eigenvalue weighted by molar-refractivity contribution is -0.142. The van der Waals surface area contributed by atoms with Crippen LogP contribution in [0.2, 0.25) is 0 Å². The van der Waals surface area contributed by atoms with Crippen LogP contribution < -0.4 is 10.2 Å². The van der Waals surface area contributed by atoms with E-state index >= 15 is 0 Å². The van der Waals surface area contributed by atoms with E-state index in [0.29, 0.717) is 55.0 Å². The third-order valence-corrected chi connectivity index (χ3v) is 8.05. The van der Waals surface area contributed by atoms with Crippen LogP contribution in [0.3, 0.4) is 0 Å². The predicted octanol–water partition coefficient (Wildman–Crippen LogP) is 6.39. The van der Waals surface area contributed by atoms with Crippen molar-refractivity contribution in [2.75, 3.05) is 43.5 Å². The first-order chi connectivity index (χ1) is 20.1. The fourth-order valence-corrected chi connectivity index (χ4v) is 5.57. The van der Waals surface area contributed by atoms with Gasteiger partial charge < -0.3 is 20.1 Å². The Hall–Kier alpha value is -3.38. The number of aromatic nitrogens is 1. The smallest absolute Gasteiger partial charge is 0.416 e. The molecule has 0 unspecified atom stereocenters. The van der Waals surface area contributed by atoms with Crippen LogP contribution in [-0.2, 0) is 22.3 Å². The van der Waals surface area contributed by atoms with Gasteiger partial charge in [0, 0.05) is 62.8 Å². The molecule has 1 aromatic heterocycles. The highest BCUT2D eigenvalue weighted by Crippen LogP contribution is 2.33. The number of hydrogen-bond acceptors (Lipinski definition) is 6. The average molecular weight is 656 g/mol. The van der Waals surface area contributed by atoms with E-state index in [-0.39, 0.29) is 42.7 Å². The van der Waals surface area contributed by atoms with E-state index in [2.05, 4.69) is 20.1 Å². The molecular formula is C31H35Cl2F3N4O4. The molecule has 0 spiro atoms. The van der Waals surface area contributed by atoms with Gasteiger partial charge in [0.25, 0.3) is 5.91 Å². The number of amides is 1. The molecule has 3 aromatic rings. The molecule has 44 heavy (non-hydrogen) atoms. The molecule has 2 aliphatic heterocycles. The maximum Gasteiger partial charge on any atom is 0.416 e. The second kappa shape index (κ2) is 15.1. The summed E-state index contributed by atoms with van der Waals surface area (Å²) in [7, 11) is 1.68. The lowest BCUT2D eigenvalue weighted by atomic mass is 9.96. The van der Waals surface area contributed by atoms with Crippen molar-refractivity contribution in [3.8, 4) is 11.1 Å². The minimum atomic E-state index is -4.42. The standard InChI is InChI=1S/C31H33F3N4O4.2ClH/c1-42-26-12-13-37(19-26)18-23-16-28(35-17-27(23)20-2-6-24(7-3-20)31(32,33)34)36-29(39)21-4-8-25(9-5-21)38-14-10-22(11-15-38)30(40)41;;/h2-9,16-17,22,26H,10-15,18-19H2,1H3,(H,40,41)(H,35,36,39);2*1H/t26-;;/m0../s1. The van der Waals surface area contributed by atoms with Gasteiger partial charge in [0.05, 0.1) is 17.6 Å². The van der Waals surface area contributed by atoms with Crippen LogP contribution in [-0.4, -0.2) is 66.3 Å². The van der Waals surface area contributed by atoms with Crippen LogP contribution in [0.4, 0.5) is 24.7 Å². The SMILES string of the molecule is CO[C@H]1CCN(Cc2cc(NC(=O)c3ccc(N4CCC(C(=O)O)CC4)cc3)ncc2-c2ccc(C(F)(F)F)cc2)C1.Cl.Cl. The number of carbonyl (C=O) groups excluding carboxylic acids is 1. The van der Waals surface area contributed by atoms with Gasteiger partial charge in [-0.1, -0.05) is 12.1 Å². The van der Waals surface area contributed by atoms with Crippen molar-refractivity contribution in [1.82, 2.24) is 9.88 Å². The maximum atomic E-state index is 13.1. The number of anilines is 2. The number of carboxylic acids is 1. The zero-order valence-corrected chi connectivity index (χ0v) is 25.7. The number of hydrogen-bond donors (Lipinski definition) is 2. The molecule has 2 fully saturated rings. The molecule has 1 amide bonds. The molecule has 2 aliphatic rings.